The minimum atomic E-state index is -3.77. The van der Waals surface area contributed by atoms with E-state index in [0.717, 1.165) is 16.9 Å². The molecule has 0 saturated carbocycles. The van der Waals surface area contributed by atoms with Crippen LogP contribution in [0.15, 0.2) is 64.9 Å². The Labute approximate surface area is 168 Å². The van der Waals surface area contributed by atoms with Gasteiger partial charge in [0.15, 0.2) is 0 Å². The Morgan fingerprint density at radius 1 is 1.11 bits per heavy atom. The summed E-state index contributed by atoms with van der Waals surface area (Å²) in [7, 11) is -0.756. The molecule has 0 aliphatic carbocycles. The Hall–Kier alpha value is -2.84. The zero-order valence-electron chi connectivity index (χ0n) is 15.7. The number of carbonyl (C=O) groups is 1. The van der Waals surface area contributed by atoms with Crippen LogP contribution in [0.5, 0.6) is 5.75 Å². The number of methoxy groups -OCH3 is 1. The molecule has 2 aromatic carbocycles. The smallest absolute Gasteiger partial charge is 0.265 e. The van der Waals surface area contributed by atoms with Gasteiger partial charge in [-0.1, -0.05) is 24.3 Å². The minimum absolute atomic E-state index is 0.0756. The lowest BCUT2D eigenvalue weighted by molar-refractivity contribution is 0.103. The van der Waals surface area contributed by atoms with Gasteiger partial charge in [-0.15, -0.1) is 11.3 Å². The molecule has 0 aliphatic rings. The maximum atomic E-state index is 12.9. The van der Waals surface area contributed by atoms with Crippen LogP contribution in [0, 0.1) is 6.92 Å². The molecule has 0 unspecified atom stereocenters. The second-order valence-corrected chi connectivity index (χ2v) is 8.99. The predicted octanol–water partition coefficient (Wildman–Crippen LogP) is 4.14. The number of aryl methyl sites for hydroxylation is 1. The molecular weight excluding hydrogens is 396 g/mol. The Bertz CT molecular complexity index is 1110. The molecule has 0 bridgehead atoms. The molecule has 8 heteroatoms. The summed E-state index contributed by atoms with van der Waals surface area (Å²) < 4.78 is 32.3. The molecule has 1 aromatic heterocycles. The molecule has 0 radical (unpaired) electrons. The number of hydrogen-bond acceptors (Lipinski definition) is 5. The van der Waals surface area contributed by atoms with Gasteiger partial charge in [-0.25, -0.2) is 8.42 Å². The van der Waals surface area contributed by atoms with Gasteiger partial charge >= 0.3 is 0 Å². The third-order valence-corrected chi connectivity index (χ3v) is 7.02. The Balaban J connectivity index is 1.83. The number of thiophene rings is 1. The third kappa shape index (κ3) is 4.02. The zero-order valence-corrected chi connectivity index (χ0v) is 17.3. The Morgan fingerprint density at radius 3 is 2.57 bits per heavy atom. The maximum absolute atomic E-state index is 12.9. The van der Waals surface area contributed by atoms with Crippen LogP contribution in [0.2, 0.25) is 0 Å². The van der Waals surface area contributed by atoms with E-state index in [1.165, 1.54) is 29.9 Å². The summed E-state index contributed by atoms with van der Waals surface area (Å²) in [5.41, 5.74) is 2.04. The van der Waals surface area contributed by atoms with E-state index in [2.05, 4.69) is 5.32 Å². The van der Waals surface area contributed by atoms with E-state index >= 15 is 0 Å². The molecular formula is C20H20N2O4S2. The summed E-state index contributed by atoms with van der Waals surface area (Å²) in [4.78, 5) is 12.9. The molecule has 3 aromatic rings. The van der Waals surface area contributed by atoms with Crippen molar-refractivity contribution >= 4 is 38.6 Å². The van der Waals surface area contributed by atoms with E-state index in [1.807, 2.05) is 13.0 Å². The highest BCUT2D eigenvalue weighted by atomic mass is 32.2. The highest BCUT2D eigenvalue weighted by Gasteiger charge is 2.24. The van der Waals surface area contributed by atoms with Gasteiger partial charge in [-0.3, -0.25) is 9.10 Å². The van der Waals surface area contributed by atoms with Crippen molar-refractivity contribution in [3.63, 3.8) is 0 Å². The first-order valence-electron chi connectivity index (χ1n) is 8.41. The van der Waals surface area contributed by atoms with Crippen LogP contribution in [0.3, 0.4) is 0 Å². The molecule has 1 amide bonds. The van der Waals surface area contributed by atoms with Crippen LogP contribution in [-0.2, 0) is 10.0 Å². The van der Waals surface area contributed by atoms with Crippen LogP contribution < -0.4 is 14.4 Å². The van der Waals surface area contributed by atoms with Crippen molar-refractivity contribution in [3.8, 4) is 5.75 Å². The fraction of sp³-hybridized carbons (Fsp3) is 0.150. The lowest BCUT2D eigenvalue weighted by Gasteiger charge is -2.19. The molecule has 1 N–H and O–H groups in total. The number of hydrogen-bond donors (Lipinski definition) is 1. The van der Waals surface area contributed by atoms with Crippen LogP contribution in [0.25, 0.3) is 0 Å². The van der Waals surface area contributed by atoms with Gasteiger partial charge in [0.2, 0.25) is 0 Å². The van der Waals surface area contributed by atoms with Crippen LogP contribution in [-0.4, -0.2) is 28.5 Å². The number of para-hydroxylation sites is 2. The summed E-state index contributed by atoms with van der Waals surface area (Å²) in [6.45, 7) is 1.90. The highest BCUT2D eigenvalue weighted by Crippen LogP contribution is 2.28. The van der Waals surface area contributed by atoms with Crippen LogP contribution in [0.4, 0.5) is 11.4 Å². The molecule has 1 heterocycles. The summed E-state index contributed by atoms with van der Waals surface area (Å²) >= 11 is 1.07. The zero-order chi connectivity index (χ0) is 20.3. The molecule has 0 aliphatic heterocycles. The second-order valence-electron chi connectivity index (χ2n) is 6.11. The van der Waals surface area contributed by atoms with Crippen molar-refractivity contribution in [2.75, 3.05) is 23.8 Å². The van der Waals surface area contributed by atoms with Gasteiger partial charge in [0.05, 0.1) is 28.3 Å². The Morgan fingerprint density at radius 2 is 1.86 bits per heavy atom. The van der Waals surface area contributed by atoms with E-state index in [9.17, 15) is 13.2 Å². The van der Waals surface area contributed by atoms with Crippen LogP contribution in [0.1, 0.15) is 15.2 Å². The molecule has 3 rings (SSSR count). The van der Waals surface area contributed by atoms with Crippen molar-refractivity contribution < 1.29 is 17.9 Å². The highest BCUT2D eigenvalue weighted by molar-refractivity contribution is 7.93. The summed E-state index contributed by atoms with van der Waals surface area (Å²) in [5.74, 6) is 0.133. The van der Waals surface area contributed by atoms with Gasteiger partial charge in [0, 0.05) is 12.4 Å². The van der Waals surface area contributed by atoms with E-state index in [0.29, 0.717) is 22.0 Å². The quantitative estimate of drug-likeness (QED) is 0.655. The fourth-order valence-corrected chi connectivity index (χ4v) is 4.97. The molecule has 6 nitrogen and oxygen atoms in total. The average Bonchev–Trinajstić information content (AvgIpc) is 3.19. The topological polar surface area (TPSA) is 75.7 Å². The van der Waals surface area contributed by atoms with E-state index in [1.54, 1.807) is 42.5 Å². The number of nitrogens with one attached hydrogen (secondary N) is 1. The van der Waals surface area contributed by atoms with Gasteiger partial charge in [0.1, 0.15) is 5.75 Å². The molecule has 0 saturated heterocycles. The van der Waals surface area contributed by atoms with E-state index < -0.39 is 15.9 Å². The predicted molar refractivity (Wildman–Crippen MR) is 112 cm³/mol. The number of nitrogens with zero attached hydrogens (tertiary/aromatic N) is 1. The van der Waals surface area contributed by atoms with Crippen LogP contribution >= 0.6 is 11.3 Å². The summed E-state index contributed by atoms with van der Waals surface area (Å²) in [6, 6.07) is 15.6. The largest absolute Gasteiger partial charge is 0.495 e. The van der Waals surface area contributed by atoms with Crippen molar-refractivity contribution in [1.82, 2.24) is 0 Å². The van der Waals surface area contributed by atoms with Crippen molar-refractivity contribution in [2.24, 2.45) is 0 Å². The number of benzene rings is 2. The first-order valence-corrected chi connectivity index (χ1v) is 10.7. The number of carbonyl (C=O) groups excluding carboxylic acids is 1. The minimum Gasteiger partial charge on any atom is -0.495 e. The number of amides is 1. The molecule has 0 spiro atoms. The third-order valence-electron chi connectivity index (χ3n) is 4.18. The first-order chi connectivity index (χ1) is 13.3. The maximum Gasteiger partial charge on any atom is 0.265 e. The average molecular weight is 417 g/mol. The van der Waals surface area contributed by atoms with Crippen molar-refractivity contribution in [2.45, 2.75) is 11.8 Å². The normalized spacial score (nSPS) is 11.1. The monoisotopic (exact) mass is 416 g/mol. The molecule has 28 heavy (non-hydrogen) atoms. The molecule has 146 valence electrons. The summed E-state index contributed by atoms with van der Waals surface area (Å²) in [5, 5.41) is 4.22. The second kappa shape index (κ2) is 8.04. The van der Waals surface area contributed by atoms with E-state index in [-0.39, 0.29) is 4.90 Å². The van der Waals surface area contributed by atoms with Gasteiger partial charge in [-0.05, 0) is 42.8 Å². The fourth-order valence-electron chi connectivity index (χ4n) is 2.63. The number of ether oxygens (including phenoxy) is 1. The van der Waals surface area contributed by atoms with Gasteiger partial charge in [0.25, 0.3) is 15.9 Å². The number of rotatable bonds is 6. The van der Waals surface area contributed by atoms with E-state index in [4.69, 9.17) is 4.74 Å². The SMILES string of the molecule is COc1ccccc1NC(=O)c1cc(S(=O)(=O)N(C)c2cccc(C)c2)cs1. The lowest BCUT2D eigenvalue weighted by atomic mass is 10.2. The van der Waals surface area contributed by atoms with Crippen molar-refractivity contribution in [3.05, 3.63) is 70.4 Å². The molecule has 0 atom stereocenters. The standard InChI is InChI=1S/C20H20N2O4S2/c1-14-7-6-8-15(11-14)22(2)28(24,25)16-12-19(27-13-16)20(23)21-17-9-4-5-10-18(17)26-3/h4-13H,1-3H3,(H,21,23). The van der Waals surface area contributed by atoms with Gasteiger partial charge in [-0.2, -0.15) is 0 Å². The number of anilines is 2. The number of sulfonamides is 1. The molecule has 0 fully saturated rings. The van der Waals surface area contributed by atoms with Crippen molar-refractivity contribution in [1.29, 1.82) is 0 Å². The summed E-state index contributed by atoms with van der Waals surface area (Å²) in [6.07, 6.45) is 0. The lowest BCUT2D eigenvalue weighted by Crippen LogP contribution is -2.26. The Kier molecular flexibility index (Phi) is 5.71. The van der Waals surface area contributed by atoms with Gasteiger partial charge < -0.3 is 10.1 Å². The first kappa shape index (κ1) is 19.9.